The van der Waals surface area contributed by atoms with Gasteiger partial charge in [-0.05, 0) is 55.6 Å². The molecule has 1 atom stereocenters. The summed E-state index contributed by atoms with van der Waals surface area (Å²) in [4.78, 5) is 18.3. The number of pyridine rings is 1. The molecule has 4 heteroatoms. The Balaban J connectivity index is 1.55. The summed E-state index contributed by atoms with van der Waals surface area (Å²) in [5.74, 6) is 0.679. The molecule has 3 fully saturated rings. The van der Waals surface area contributed by atoms with E-state index < -0.39 is 0 Å². The van der Waals surface area contributed by atoms with Crippen LogP contribution in [0, 0.1) is 5.92 Å². The van der Waals surface area contributed by atoms with E-state index >= 15 is 0 Å². The van der Waals surface area contributed by atoms with E-state index in [1.807, 2.05) is 18.2 Å². The summed E-state index contributed by atoms with van der Waals surface area (Å²) in [6, 6.07) is 4.10. The molecule has 0 aliphatic carbocycles. The molecule has 3 aliphatic rings. The van der Waals surface area contributed by atoms with Crippen LogP contribution in [0.2, 0.25) is 0 Å². The number of aromatic nitrogens is 1. The van der Waals surface area contributed by atoms with Gasteiger partial charge in [-0.1, -0.05) is 0 Å². The fourth-order valence-corrected chi connectivity index (χ4v) is 3.01. The third kappa shape index (κ3) is 3.01. The summed E-state index contributed by atoms with van der Waals surface area (Å²) in [5, 5.41) is 3.14. The molecule has 4 nitrogen and oxygen atoms in total. The molecule has 1 amide bonds. The van der Waals surface area contributed by atoms with Crippen molar-refractivity contribution >= 4 is 12.0 Å². The SMILES string of the molecule is O=C(/C=C/c1ccncc1)N[C@H]1CN2CCC1CC2. The number of hydrogen-bond donors (Lipinski definition) is 1. The Bertz CT molecular complexity index is 464. The van der Waals surface area contributed by atoms with Crippen molar-refractivity contribution in [3.8, 4) is 0 Å². The van der Waals surface area contributed by atoms with Gasteiger partial charge in [-0.2, -0.15) is 0 Å². The number of carbonyl (C=O) groups is 1. The summed E-state index contributed by atoms with van der Waals surface area (Å²) in [6.07, 6.45) is 9.35. The van der Waals surface area contributed by atoms with Gasteiger partial charge in [0.15, 0.2) is 0 Å². The van der Waals surface area contributed by atoms with Crippen LogP contribution in [0.25, 0.3) is 6.08 Å². The van der Waals surface area contributed by atoms with Crippen molar-refractivity contribution in [3.05, 3.63) is 36.2 Å². The highest BCUT2D eigenvalue weighted by molar-refractivity contribution is 5.91. The zero-order chi connectivity index (χ0) is 13.1. The molecule has 1 aromatic rings. The van der Waals surface area contributed by atoms with Crippen molar-refractivity contribution in [2.75, 3.05) is 19.6 Å². The number of hydrogen-bond acceptors (Lipinski definition) is 3. The fraction of sp³-hybridized carbons (Fsp3) is 0.467. The molecule has 3 saturated heterocycles. The molecule has 19 heavy (non-hydrogen) atoms. The Kier molecular flexibility index (Phi) is 3.60. The Morgan fingerprint density at radius 3 is 2.68 bits per heavy atom. The van der Waals surface area contributed by atoms with Gasteiger partial charge in [0.05, 0.1) is 0 Å². The van der Waals surface area contributed by atoms with Crippen molar-refractivity contribution < 1.29 is 4.79 Å². The van der Waals surface area contributed by atoms with E-state index in [1.54, 1.807) is 18.5 Å². The van der Waals surface area contributed by atoms with Crippen molar-refractivity contribution in [3.63, 3.8) is 0 Å². The van der Waals surface area contributed by atoms with Gasteiger partial charge in [0.25, 0.3) is 0 Å². The van der Waals surface area contributed by atoms with Gasteiger partial charge in [0.2, 0.25) is 5.91 Å². The van der Waals surface area contributed by atoms with Gasteiger partial charge < -0.3 is 10.2 Å². The zero-order valence-electron chi connectivity index (χ0n) is 11.0. The lowest BCUT2D eigenvalue weighted by Crippen LogP contribution is -2.57. The van der Waals surface area contributed by atoms with Gasteiger partial charge in [-0.3, -0.25) is 9.78 Å². The van der Waals surface area contributed by atoms with E-state index in [-0.39, 0.29) is 5.91 Å². The molecule has 100 valence electrons. The van der Waals surface area contributed by atoms with Crippen LogP contribution in [0.4, 0.5) is 0 Å². The fourth-order valence-electron chi connectivity index (χ4n) is 3.01. The number of nitrogens with zero attached hydrogens (tertiary/aromatic N) is 2. The van der Waals surface area contributed by atoms with Gasteiger partial charge >= 0.3 is 0 Å². The Hall–Kier alpha value is -1.68. The highest BCUT2D eigenvalue weighted by Crippen LogP contribution is 2.27. The maximum Gasteiger partial charge on any atom is 0.244 e. The maximum atomic E-state index is 11.9. The topological polar surface area (TPSA) is 45.2 Å². The molecule has 4 heterocycles. The van der Waals surface area contributed by atoms with Crippen LogP contribution in [-0.4, -0.2) is 41.5 Å². The van der Waals surface area contributed by atoms with Gasteiger partial charge in [0.1, 0.15) is 0 Å². The maximum absolute atomic E-state index is 11.9. The number of carbonyl (C=O) groups excluding carboxylic acids is 1. The van der Waals surface area contributed by atoms with Crippen molar-refractivity contribution in [1.29, 1.82) is 0 Å². The number of nitrogens with one attached hydrogen (secondary N) is 1. The Morgan fingerprint density at radius 1 is 1.32 bits per heavy atom. The molecule has 1 aromatic heterocycles. The minimum absolute atomic E-state index is 0.00978. The molecule has 3 aliphatic heterocycles. The largest absolute Gasteiger partial charge is 0.348 e. The average molecular weight is 257 g/mol. The smallest absolute Gasteiger partial charge is 0.244 e. The molecule has 1 N–H and O–H groups in total. The lowest BCUT2D eigenvalue weighted by molar-refractivity contribution is -0.118. The Labute approximate surface area is 113 Å². The quantitative estimate of drug-likeness (QED) is 0.830. The predicted molar refractivity (Wildman–Crippen MR) is 74.4 cm³/mol. The molecule has 0 saturated carbocycles. The van der Waals surface area contributed by atoms with Gasteiger partial charge in [0, 0.05) is 31.1 Å². The van der Waals surface area contributed by atoms with Crippen LogP contribution in [-0.2, 0) is 4.79 Å². The first-order valence-corrected chi connectivity index (χ1v) is 6.92. The average Bonchev–Trinajstić information content (AvgIpc) is 2.47. The van der Waals surface area contributed by atoms with E-state index in [2.05, 4.69) is 15.2 Å². The second kappa shape index (κ2) is 5.53. The van der Waals surface area contributed by atoms with Crippen molar-refractivity contribution in [1.82, 2.24) is 15.2 Å². The molecule has 0 radical (unpaired) electrons. The van der Waals surface area contributed by atoms with E-state index in [4.69, 9.17) is 0 Å². The van der Waals surface area contributed by atoms with E-state index in [1.165, 1.54) is 25.9 Å². The second-order valence-corrected chi connectivity index (χ2v) is 5.37. The van der Waals surface area contributed by atoms with Crippen LogP contribution in [0.1, 0.15) is 18.4 Å². The predicted octanol–water partition coefficient (Wildman–Crippen LogP) is 1.31. The molecular weight excluding hydrogens is 238 g/mol. The van der Waals surface area contributed by atoms with E-state index in [0.29, 0.717) is 12.0 Å². The summed E-state index contributed by atoms with van der Waals surface area (Å²) in [6.45, 7) is 3.41. The van der Waals surface area contributed by atoms with Crippen molar-refractivity contribution in [2.45, 2.75) is 18.9 Å². The first-order chi connectivity index (χ1) is 9.31. The minimum Gasteiger partial charge on any atom is -0.348 e. The van der Waals surface area contributed by atoms with Crippen LogP contribution in [0.5, 0.6) is 0 Å². The monoisotopic (exact) mass is 257 g/mol. The number of rotatable bonds is 3. The highest BCUT2D eigenvalue weighted by Gasteiger charge is 2.34. The number of fused-ring (bicyclic) bond motifs is 3. The standard InChI is InChI=1S/C15H19N3O/c19-15(2-1-12-3-7-16-8-4-12)17-14-11-18-9-5-13(14)6-10-18/h1-4,7-8,13-14H,5-6,9-11H2,(H,17,19)/b2-1+/t14-/m0/s1. The van der Waals surface area contributed by atoms with Gasteiger partial charge in [-0.25, -0.2) is 0 Å². The minimum atomic E-state index is 0.00978. The molecule has 4 rings (SSSR count). The number of piperidine rings is 3. The summed E-state index contributed by atoms with van der Waals surface area (Å²) >= 11 is 0. The summed E-state index contributed by atoms with van der Waals surface area (Å²) in [5.41, 5.74) is 0.999. The first-order valence-electron chi connectivity index (χ1n) is 6.92. The molecule has 0 spiro atoms. The lowest BCUT2D eigenvalue weighted by atomic mass is 9.84. The first kappa shape index (κ1) is 12.4. The van der Waals surface area contributed by atoms with E-state index in [9.17, 15) is 4.79 Å². The van der Waals surface area contributed by atoms with Crippen molar-refractivity contribution in [2.24, 2.45) is 5.92 Å². The van der Waals surface area contributed by atoms with Crippen LogP contribution < -0.4 is 5.32 Å². The highest BCUT2D eigenvalue weighted by atomic mass is 16.1. The zero-order valence-corrected chi connectivity index (χ0v) is 11.0. The van der Waals surface area contributed by atoms with Crippen LogP contribution >= 0.6 is 0 Å². The number of amides is 1. The third-order valence-corrected chi connectivity index (χ3v) is 4.12. The summed E-state index contributed by atoms with van der Waals surface area (Å²) < 4.78 is 0. The molecular formula is C15H19N3O. The van der Waals surface area contributed by atoms with Gasteiger partial charge in [-0.15, -0.1) is 0 Å². The third-order valence-electron chi connectivity index (χ3n) is 4.12. The second-order valence-electron chi connectivity index (χ2n) is 5.37. The van der Waals surface area contributed by atoms with E-state index in [0.717, 1.165) is 12.1 Å². The van der Waals surface area contributed by atoms with Crippen LogP contribution in [0.15, 0.2) is 30.6 Å². The molecule has 0 aromatic carbocycles. The Morgan fingerprint density at radius 2 is 2.05 bits per heavy atom. The normalized spacial score (nSPS) is 29.6. The molecule has 0 unspecified atom stereocenters. The summed E-state index contributed by atoms with van der Waals surface area (Å²) in [7, 11) is 0. The lowest BCUT2D eigenvalue weighted by Gasteiger charge is -2.44. The van der Waals surface area contributed by atoms with Crippen LogP contribution in [0.3, 0.4) is 0 Å². The molecule has 2 bridgehead atoms.